The first kappa shape index (κ1) is 17.9. The number of aryl methyl sites for hydroxylation is 1. The van der Waals surface area contributed by atoms with Gasteiger partial charge in [-0.05, 0) is 43.3 Å². The number of hydrogen-bond donors (Lipinski definition) is 0. The normalized spacial score (nSPS) is 11.2. The maximum atomic E-state index is 12.9. The van der Waals surface area contributed by atoms with E-state index < -0.39 is 28.2 Å². The molecule has 0 fully saturated rings. The van der Waals surface area contributed by atoms with Crippen molar-refractivity contribution in [3.8, 4) is 12.3 Å². The molecule has 0 aliphatic rings. The lowest BCUT2D eigenvalue weighted by Crippen LogP contribution is -2.36. The summed E-state index contributed by atoms with van der Waals surface area (Å²) in [6.07, 6.45) is 5.25. The number of ketones is 1. The van der Waals surface area contributed by atoms with Crippen LogP contribution in [-0.2, 0) is 10.0 Å². The van der Waals surface area contributed by atoms with Crippen molar-refractivity contribution in [3.05, 3.63) is 65.5 Å². The molecule has 0 saturated carbocycles. The molecular weight excluding hydrogens is 329 g/mol. The van der Waals surface area contributed by atoms with Crippen molar-refractivity contribution in [2.45, 2.75) is 11.8 Å². The molecule has 0 unspecified atom stereocenters. The molecule has 2 aromatic rings. The third kappa shape index (κ3) is 4.07. The summed E-state index contributed by atoms with van der Waals surface area (Å²) in [5, 5.41) is 0. The number of sulfonamides is 1. The highest BCUT2D eigenvalue weighted by Crippen LogP contribution is 2.17. The van der Waals surface area contributed by atoms with Crippen LogP contribution < -0.4 is 0 Å². The number of carbonyl (C=O) groups is 1. The van der Waals surface area contributed by atoms with Gasteiger partial charge in [-0.3, -0.25) is 4.79 Å². The van der Waals surface area contributed by atoms with E-state index in [0.717, 1.165) is 22.0 Å². The molecule has 0 aromatic heterocycles. The molecule has 0 N–H and O–H groups in total. The Morgan fingerprint density at radius 1 is 1.12 bits per heavy atom. The van der Waals surface area contributed by atoms with Crippen molar-refractivity contribution in [2.24, 2.45) is 0 Å². The highest BCUT2D eigenvalue weighted by atomic mass is 32.2. The fourth-order valence-corrected chi connectivity index (χ4v) is 3.38. The van der Waals surface area contributed by atoms with Crippen molar-refractivity contribution in [3.63, 3.8) is 0 Å². The van der Waals surface area contributed by atoms with Gasteiger partial charge in [0, 0.05) is 5.56 Å². The van der Waals surface area contributed by atoms with E-state index in [0.29, 0.717) is 0 Å². The van der Waals surface area contributed by atoms with Crippen molar-refractivity contribution in [2.75, 3.05) is 13.1 Å². The Morgan fingerprint density at radius 2 is 1.71 bits per heavy atom. The second-order valence-corrected chi connectivity index (χ2v) is 7.16. The second-order valence-electron chi connectivity index (χ2n) is 5.22. The summed E-state index contributed by atoms with van der Waals surface area (Å²) in [4.78, 5) is 12.3. The summed E-state index contributed by atoms with van der Waals surface area (Å²) in [7, 11) is -3.90. The highest BCUT2D eigenvalue weighted by molar-refractivity contribution is 7.89. The molecule has 0 saturated heterocycles. The molecule has 6 heteroatoms. The monoisotopic (exact) mass is 345 g/mol. The van der Waals surface area contributed by atoms with Crippen LogP contribution in [-0.4, -0.2) is 31.6 Å². The van der Waals surface area contributed by atoms with Crippen LogP contribution in [0.2, 0.25) is 0 Å². The van der Waals surface area contributed by atoms with Crippen molar-refractivity contribution >= 4 is 15.8 Å². The Bertz CT molecular complexity index is 866. The van der Waals surface area contributed by atoms with E-state index in [4.69, 9.17) is 6.42 Å². The molecule has 0 aliphatic carbocycles. The van der Waals surface area contributed by atoms with Gasteiger partial charge in [0.05, 0.1) is 18.0 Å². The van der Waals surface area contributed by atoms with Crippen LogP contribution in [0.5, 0.6) is 0 Å². The molecule has 0 bridgehead atoms. The first-order valence-electron chi connectivity index (χ1n) is 7.13. The minimum absolute atomic E-state index is 0.0651. The zero-order valence-electron chi connectivity index (χ0n) is 13.1. The van der Waals surface area contributed by atoms with Crippen LogP contribution in [0.3, 0.4) is 0 Å². The van der Waals surface area contributed by atoms with E-state index in [-0.39, 0.29) is 17.0 Å². The zero-order chi connectivity index (χ0) is 17.7. The number of terminal acetylenes is 1. The molecule has 0 radical (unpaired) electrons. The van der Waals surface area contributed by atoms with E-state index in [9.17, 15) is 17.6 Å². The highest BCUT2D eigenvalue weighted by Gasteiger charge is 2.26. The van der Waals surface area contributed by atoms with Gasteiger partial charge in [0.2, 0.25) is 10.0 Å². The number of Topliss-reactive ketones (excluding diaryl/α,β-unsaturated/α-hetero) is 1. The molecule has 2 aromatic carbocycles. The molecular formula is C18H16FNO3S. The Morgan fingerprint density at radius 3 is 2.25 bits per heavy atom. The Kier molecular flexibility index (Phi) is 5.50. The van der Waals surface area contributed by atoms with Gasteiger partial charge in [-0.15, -0.1) is 6.42 Å². The third-order valence-corrected chi connectivity index (χ3v) is 5.22. The second kappa shape index (κ2) is 7.39. The summed E-state index contributed by atoms with van der Waals surface area (Å²) in [5.41, 5.74) is 1.14. The van der Waals surface area contributed by atoms with Gasteiger partial charge in [-0.2, -0.15) is 4.31 Å². The fourth-order valence-electron chi connectivity index (χ4n) is 2.07. The van der Waals surface area contributed by atoms with Crippen LogP contribution in [0.15, 0.2) is 53.4 Å². The molecule has 0 aliphatic heterocycles. The van der Waals surface area contributed by atoms with Crippen LogP contribution in [0, 0.1) is 25.1 Å². The number of nitrogens with zero attached hydrogens (tertiary/aromatic N) is 1. The first-order valence-corrected chi connectivity index (χ1v) is 8.57. The minimum atomic E-state index is -3.90. The first-order chi connectivity index (χ1) is 11.3. The predicted molar refractivity (Wildman–Crippen MR) is 89.5 cm³/mol. The summed E-state index contributed by atoms with van der Waals surface area (Å²) in [5.74, 6) is 1.33. The number of halogens is 1. The Balaban J connectivity index is 2.28. The lowest BCUT2D eigenvalue weighted by Gasteiger charge is -2.19. The summed E-state index contributed by atoms with van der Waals surface area (Å²) >= 11 is 0. The van der Waals surface area contributed by atoms with E-state index >= 15 is 0 Å². The molecule has 4 nitrogen and oxygen atoms in total. The molecule has 2 rings (SSSR count). The van der Waals surface area contributed by atoms with Gasteiger partial charge >= 0.3 is 0 Å². The van der Waals surface area contributed by atoms with E-state index in [2.05, 4.69) is 5.92 Å². The van der Waals surface area contributed by atoms with Gasteiger partial charge in [-0.1, -0.05) is 23.6 Å². The third-order valence-electron chi connectivity index (χ3n) is 3.41. The largest absolute Gasteiger partial charge is 0.293 e. The van der Waals surface area contributed by atoms with Crippen LogP contribution in [0.25, 0.3) is 0 Å². The lowest BCUT2D eigenvalue weighted by atomic mass is 10.1. The Hall–Kier alpha value is -2.49. The van der Waals surface area contributed by atoms with Gasteiger partial charge in [-0.25, -0.2) is 12.8 Å². The van der Waals surface area contributed by atoms with Crippen molar-refractivity contribution < 1.29 is 17.6 Å². The number of benzene rings is 2. The molecule has 0 atom stereocenters. The maximum Gasteiger partial charge on any atom is 0.244 e. The quantitative estimate of drug-likeness (QED) is 0.597. The summed E-state index contributed by atoms with van der Waals surface area (Å²) < 4.78 is 39.2. The minimum Gasteiger partial charge on any atom is -0.293 e. The summed E-state index contributed by atoms with van der Waals surface area (Å²) in [6.45, 7) is 1.20. The molecule has 0 spiro atoms. The van der Waals surface area contributed by atoms with Gasteiger partial charge in [0.15, 0.2) is 5.78 Å². The van der Waals surface area contributed by atoms with E-state index in [1.807, 2.05) is 6.92 Å². The molecule has 0 heterocycles. The average molecular weight is 345 g/mol. The Labute approximate surface area is 141 Å². The van der Waals surface area contributed by atoms with Crippen molar-refractivity contribution in [1.29, 1.82) is 0 Å². The van der Waals surface area contributed by atoms with E-state index in [1.54, 1.807) is 12.1 Å². The van der Waals surface area contributed by atoms with Crippen LogP contribution in [0.4, 0.5) is 4.39 Å². The van der Waals surface area contributed by atoms with Gasteiger partial charge < -0.3 is 0 Å². The topological polar surface area (TPSA) is 54.5 Å². The van der Waals surface area contributed by atoms with Crippen LogP contribution in [0.1, 0.15) is 15.9 Å². The number of rotatable bonds is 6. The fraction of sp³-hybridized carbons (Fsp3) is 0.167. The lowest BCUT2D eigenvalue weighted by molar-refractivity contribution is 0.0970. The average Bonchev–Trinajstić information content (AvgIpc) is 2.55. The van der Waals surface area contributed by atoms with E-state index in [1.165, 1.54) is 24.3 Å². The standard InChI is InChI=1S/C18H16FNO3S/c1-3-12-20(13-18(21)15-6-8-16(19)9-7-15)24(22,23)17-10-4-14(2)5-11-17/h1,4-11H,12-13H2,2H3. The van der Waals surface area contributed by atoms with Gasteiger partial charge in [0.25, 0.3) is 0 Å². The van der Waals surface area contributed by atoms with Crippen LogP contribution >= 0.6 is 0 Å². The number of hydrogen-bond acceptors (Lipinski definition) is 3. The molecule has 24 heavy (non-hydrogen) atoms. The van der Waals surface area contributed by atoms with Crippen molar-refractivity contribution in [1.82, 2.24) is 4.31 Å². The zero-order valence-corrected chi connectivity index (χ0v) is 13.9. The molecule has 0 amide bonds. The number of carbonyl (C=O) groups excluding carboxylic acids is 1. The molecule has 124 valence electrons. The SMILES string of the molecule is C#CCN(CC(=O)c1ccc(F)cc1)S(=O)(=O)c1ccc(C)cc1. The summed E-state index contributed by atoms with van der Waals surface area (Å²) in [6, 6.07) is 11.2. The maximum absolute atomic E-state index is 12.9. The van der Waals surface area contributed by atoms with Gasteiger partial charge in [0.1, 0.15) is 5.82 Å². The smallest absolute Gasteiger partial charge is 0.244 e. The predicted octanol–water partition coefficient (Wildman–Crippen LogP) is 2.64.